The highest BCUT2D eigenvalue weighted by Crippen LogP contribution is 2.29. The van der Waals surface area contributed by atoms with Gasteiger partial charge in [0.2, 0.25) is 0 Å². The molecule has 3 rings (SSSR count). The molecule has 5 nitrogen and oxygen atoms in total. The summed E-state index contributed by atoms with van der Waals surface area (Å²) in [5.74, 6) is 0.996. The normalized spacial score (nSPS) is 10.6. The monoisotopic (exact) mass is 344 g/mol. The number of benzene rings is 1. The average Bonchev–Trinajstić information content (AvgIpc) is 2.49. The van der Waals surface area contributed by atoms with Gasteiger partial charge in [-0.25, -0.2) is 9.97 Å². The predicted octanol–water partition coefficient (Wildman–Crippen LogP) is 3.85. The van der Waals surface area contributed by atoms with Crippen molar-refractivity contribution in [3.05, 3.63) is 46.8 Å². The van der Waals surface area contributed by atoms with Gasteiger partial charge in [0.25, 0.3) is 5.88 Å². The largest absolute Gasteiger partial charge is 0.478 e. The first-order valence-corrected chi connectivity index (χ1v) is 7.15. The van der Waals surface area contributed by atoms with Crippen molar-refractivity contribution in [2.24, 2.45) is 0 Å². The number of rotatable bonds is 3. The number of pyridine rings is 1. The van der Waals surface area contributed by atoms with Crippen LogP contribution in [0, 0.1) is 6.92 Å². The average molecular weight is 345 g/mol. The molecule has 0 amide bonds. The standard InChI is InChI=1S/C15H13BrN4O/c1-9-3-4-10-11(5-6-17-12(10)7-9)19-14-15(21-2)20-13(16)8-18-14/h3-8H,1-2H3,(H,17,18,19). The maximum atomic E-state index is 5.25. The highest BCUT2D eigenvalue weighted by Gasteiger charge is 2.09. The van der Waals surface area contributed by atoms with Crippen LogP contribution in [0.5, 0.6) is 5.88 Å². The van der Waals surface area contributed by atoms with Crippen LogP contribution in [0.2, 0.25) is 0 Å². The Morgan fingerprint density at radius 2 is 2.05 bits per heavy atom. The zero-order valence-electron chi connectivity index (χ0n) is 11.6. The van der Waals surface area contributed by atoms with Crippen LogP contribution in [-0.4, -0.2) is 22.1 Å². The molecule has 0 radical (unpaired) electrons. The second kappa shape index (κ2) is 5.65. The number of aryl methyl sites for hydroxylation is 1. The van der Waals surface area contributed by atoms with E-state index in [1.807, 2.05) is 25.1 Å². The molecule has 0 fully saturated rings. The second-order valence-corrected chi connectivity index (χ2v) is 5.37. The van der Waals surface area contributed by atoms with E-state index >= 15 is 0 Å². The zero-order chi connectivity index (χ0) is 14.8. The number of anilines is 2. The second-order valence-electron chi connectivity index (χ2n) is 4.55. The topological polar surface area (TPSA) is 59.9 Å². The van der Waals surface area contributed by atoms with Gasteiger partial charge in [-0.2, -0.15) is 0 Å². The highest BCUT2D eigenvalue weighted by molar-refractivity contribution is 9.10. The summed E-state index contributed by atoms with van der Waals surface area (Å²) in [6, 6.07) is 8.05. The Kier molecular flexibility index (Phi) is 3.70. The van der Waals surface area contributed by atoms with Crippen molar-refractivity contribution < 1.29 is 4.74 Å². The van der Waals surface area contributed by atoms with Crippen LogP contribution < -0.4 is 10.1 Å². The van der Waals surface area contributed by atoms with Gasteiger partial charge in [-0.15, -0.1) is 0 Å². The van der Waals surface area contributed by atoms with E-state index in [1.54, 1.807) is 19.5 Å². The summed E-state index contributed by atoms with van der Waals surface area (Å²) in [4.78, 5) is 12.9. The third kappa shape index (κ3) is 2.80. The highest BCUT2D eigenvalue weighted by atomic mass is 79.9. The predicted molar refractivity (Wildman–Crippen MR) is 86.0 cm³/mol. The van der Waals surface area contributed by atoms with E-state index in [-0.39, 0.29) is 0 Å². The fourth-order valence-corrected chi connectivity index (χ4v) is 2.34. The molecule has 2 heterocycles. The number of fused-ring (bicyclic) bond motifs is 1. The van der Waals surface area contributed by atoms with Gasteiger partial charge in [0.05, 0.1) is 24.5 Å². The summed E-state index contributed by atoms with van der Waals surface area (Å²) in [5.41, 5.74) is 3.02. The van der Waals surface area contributed by atoms with Crippen LogP contribution in [0.3, 0.4) is 0 Å². The molecule has 0 atom stereocenters. The number of aromatic nitrogens is 3. The van der Waals surface area contributed by atoms with E-state index in [1.165, 1.54) is 5.56 Å². The zero-order valence-corrected chi connectivity index (χ0v) is 13.2. The summed E-state index contributed by atoms with van der Waals surface area (Å²) >= 11 is 3.28. The van der Waals surface area contributed by atoms with Crippen molar-refractivity contribution in [2.75, 3.05) is 12.4 Å². The Morgan fingerprint density at radius 3 is 2.86 bits per heavy atom. The molecule has 1 aromatic carbocycles. The first-order chi connectivity index (χ1) is 10.2. The van der Waals surface area contributed by atoms with E-state index in [2.05, 4.69) is 42.3 Å². The Balaban J connectivity index is 2.06. The molecule has 1 N–H and O–H groups in total. The van der Waals surface area contributed by atoms with Crippen LogP contribution in [0.4, 0.5) is 11.5 Å². The minimum absolute atomic E-state index is 0.432. The van der Waals surface area contributed by atoms with Gasteiger partial charge in [0.15, 0.2) is 5.82 Å². The van der Waals surface area contributed by atoms with Crippen molar-refractivity contribution in [1.82, 2.24) is 15.0 Å². The molecule has 6 heteroatoms. The summed E-state index contributed by atoms with van der Waals surface area (Å²) < 4.78 is 5.87. The first kappa shape index (κ1) is 13.8. The molecular formula is C15H13BrN4O. The molecule has 0 aliphatic rings. The molecule has 0 aliphatic heterocycles. The molecule has 21 heavy (non-hydrogen) atoms. The Morgan fingerprint density at radius 1 is 1.19 bits per heavy atom. The molecular weight excluding hydrogens is 332 g/mol. The smallest absolute Gasteiger partial charge is 0.258 e. The molecule has 106 valence electrons. The summed E-state index contributed by atoms with van der Waals surface area (Å²) in [7, 11) is 1.57. The lowest BCUT2D eigenvalue weighted by Gasteiger charge is -2.11. The van der Waals surface area contributed by atoms with Gasteiger partial charge in [0, 0.05) is 11.6 Å². The van der Waals surface area contributed by atoms with Crippen LogP contribution in [0.15, 0.2) is 41.3 Å². The molecule has 0 spiro atoms. The number of hydrogen-bond donors (Lipinski definition) is 1. The fraction of sp³-hybridized carbons (Fsp3) is 0.133. The molecule has 0 aliphatic carbocycles. The summed E-state index contributed by atoms with van der Waals surface area (Å²) in [6.07, 6.45) is 3.39. The Labute approximate surface area is 130 Å². The Hall–Kier alpha value is -2.21. The van der Waals surface area contributed by atoms with Crippen molar-refractivity contribution in [3.63, 3.8) is 0 Å². The maximum absolute atomic E-state index is 5.25. The van der Waals surface area contributed by atoms with Crippen LogP contribution in [0.25, 0.3) is 10.9 Å². The third-order valence-corrected chi connectivity index (χ3v) is 3.44. The van der Waals surface area contributed by atoms with Crippen LogP contribution in [0.1, 0.15) is 5.56 Å². The lowest BCUT2D eigenvalue weighted by molar-refractivity contribution is 0.397. The number of halogens is 1. The molecule has 0 saturated carbocycles. The summed E-state index contributed by atoms with van der Waals surface area (Å²) in [6.45, 7) is 2.05. The number of nitrogens with one attached hydrogen (secondary N) is 1. The maximum Gasteiger partial charge on any atom is 0.258 e. The molecule has 2 aromatic heterocycles. The molecule has 0 bridgehead atoms. The molecule has 0 unspecified atom stereocenters. The van der Waals surface area contributed by atoms with Gasteiger partial charge < -0.3 is 10.1 Å². The minimum Gasteiger partial charge on any atom is -0.478 e. The first-order valence-electron chi connectivity index (χ1n) is 6.36. The lowest BCUT2D eigenvalue weighted by Crippen LogP contribution is -2.00. The van der Waals surface area contributed by atoms with E-state index in [0.29, 0.717) is 16.3 Å². The number of hydrogen-bond acceptors (Lipinski definition) is 5. The number of ether oxygens (including phenoxy) is 1. The number of nitrogens with zero attached hydrogens (tertiary/aromatic N) is 3. The van der Waals surface area contributed by atoms with E-state index in [0.717, 1.165) is 16.6 Å². The fourth-order valence-electron chi connectivity index (χ4n) is 2.07. The lowest BCUT2D eigenvalue weighted by atomic mass is 10.1. The quantitative estimate of drug-likeness (QED) is 0.781. The van der Waals surface area contributed by atoms with Gasteiger partial charge in [-0.05, 0) is 40.5 Å². The SMILES string of the molecule is COc1nc(Br)cnc1Nc1ccnc2cc(C)ccc12. The number of methoxy groups -OCH3 is 1. The van der Waals surface area contributed by atoms with Crippen molar-refractivity contribution in [3.8, 4) is 5.88 Å². The van der Waals surface area contributed by atoms with Crippen LogP contribution >= 0.6 is 15.9 Å². The third-order valence-electron chi connectivity index (χ3n) is 3.06. The summed E-state index contributed by atoms with van der Waals surface area (Å²) in [5, 5.41) is 4.28. The van der Waals surface area contributed by atoms with Gasteiger partial charge >= 0.3 is 0 Å². The molecule has 0 saturated heterocycles. The van der Waals surface area contributed by atoms with E-state index < -0.39 is 0 Å². The van der Waals surface area contributed by atoms with Crippen LogP contribution in [-0.2, 0) is 0 Å². The van der Waals surface area contributed by atoms with Crippen molar-refractivity contribution >= 4 is 38.3 Å². The molecule has 3 aromatic rings. The minimum atomic E-state index is 0.432. The van der Waals surface area contributed by atoms with Crippen molar-refractivity contribution in [2.45, 2.75) is 6.92 Å². The Bertz CT molecular complexity index is 807. The van der Waals surface area contributed by atoms with Crippen molar-refractivity contribution in [1.29, 1.82) is 0 Å². The van der Waals surface area contributed by atoms with E-state index in [9.17, 15) is 0 Å². The van der Waals surface area contributed by atoms with Gasteiger partial charge in [0.1, 0.15) is 4.60 Å². The van der Waals surface area contributed by atoms with Gasteiger partial charge in [-0.1, -0.05) is 12.1 Å². The van der Waals surface area contributed by atoms with E-state index in [4.69, 9.17) is 4.74 Å². The van der Waals surface area contributed by atoms with Gasteiger partial charge in [-0.3, -0.25) is 4.98 Å².